The molecule has 0 saturated heterocycles. The summed E-state index contributed by atoms with van der Waals surface area (Å²) in [5.74, 6) is 2.25. The van der Waals surface area contributed by atoms with Crippen molar-refractivity contribution in [1.82, 2.24) is 10.2 Å². The Bertz CT molecular complexity index is 313. The second kappa shape index (κ2) is 4.69. The van der Waals surface area contributed by atoms with Crippen LogP contribution >= 0.6 is 0 Å². The molecule has 0 aliphatic heterocycles. The third kappa shape index (κ3) is 2.33. The predicted molar refractivity (Wildman–Crippen MR) is 65.0 cm³/mol. The van der Waals surface area contributed by atoms with Crippen molar-refractivity contribution in [3.8, 4) is 0 Å². The standard InChI is InChI=1S/C12H23N3/c1-6-9(7(2)3)11-10(8(4)5)12(13)15-14-11/h7-9H,6H2,1-5H3,(H3,13,14,15). The fourth-order valence-electron chi connectivity index (χ4n) is 2.28. The average molecular weight is 209 g/mol. The van der Waals surface area contributed by atoms with Crippen LogP contribution in [0.1, 0.15) is 64.1 Å². The predicted octanol–water partition coefficient (Wildman–Crippen LogP) is 3.26. The summed E-state index contributed by atoms with van der Waals surface area (Å²) in [6, 6.07) is 0. The van der Waals surface area contributed by atoms with Crippen LogP contribution in [-0.4, -0.2) is 10.2 Å². The molecule has 3 heteroatoms. The quantitative estimate of drug-likeness (QED) is 0.799. The Hall–Kier alpha value is -0.990. The molecule has 1 unspecified atom stereocenters. The van der Waals surface area contributed by atoms with E-state index in [-0.39, 0.29) is 0 Å². The zero-order valence-corrected chi connectivity index (χ0v) is 10.5. The van der Waals surface area contributed by atoms with Crippen LogP contribution in [0.3, 0.4) is 0 Å². The van der Waals surface area contributed by atoms with Crippen molar-refractivity contribution in [3.63, 3.8) is 0 Å². The number of nitrogen functional groups attached to an aromatic ring is 1. The van der Waals surface area contributed by atoms with Gasteiger partial charge in [0.25, 0.3) is 0 Å². The van der Waals surface area contributed by atoms with Gasteiger partial charge in [0.1, 0.15) is 5.82 Å². The summed E-state index contributed by atoms with van der Waals surface area (Å²) in [6.07, 6.45) is 1.12. The summed E-state index contributed by atoms with van der Waals surface area (Å²) >= 11 is 0. The van der Waals surface area contributed by atoms with E-state index in [9.17, 15) is 0 Å². The van der Waals surface area contributed by atoms with Crippen LogP contribution in [0.2, 0.25) is 0 Å². The van der Waals surface area contributed by atoms with Crippen LogP contribution in [0.5, 0.6) is 0 Å². The van der Waals surface area contributed by atoms with Crippen LogP contribution in [0.15, 0.2) is 0 Å². The number of nitrogens with zero attached hydrogens (tertiary/aromatic N) is 1. The van der Waals surface area contributed by atoms with Gasteiger partial charge in [-0.3, -0.25) is 5.10 Å². The first-order chi connectivity index (χ1) is 6.99. The van der Waals surface area contributed by atoms with Crippen molar-refractivity contribution in [1.29, 1.82) is 0 Å². The molecule has 0 bridgehead atoms. The van der Waals surface area contributed by atoms with Gasteiger partial charge in [-0.05, 0) is 18.3 Å². The molecule has 1 aromatic heterocycles. The molecule has 3 nitrogen and oxygen atoms in total. The summed E-state index contributed by atoms with van der Waals surface area (Å²) in [7, 11) is 0. The second-order valence-corrected chi connectivity index (χ2v) is 4.85. The number of aromatic amines is 1. The van der Waals surface area contributed by atoms with E-state index in [0.29, 0.717) is 23.6 Å². The fraction of sp³-hybridized carbons (Fsp3) is 0.750. The fourth-order valence-corrected chi connectivity index (χ4v) is 2.28. The van der Waals surface area contributed by atoms with E-state index in [1.807, 2.05) is 0 Å². The van der Waals surface area contributed by atoms with Gasteiger partial charge in [0.15, 0.2) is 0 Å². The highest BCUT2D eigenvalue weighted by Gasteiger charge is 2.22. The molecule has 0 aliphatic carbocycles. The molecule has 1 aromatic rings. The van der Waals surface area contributed by atoms with Gasteiger partial charge < -0.3 is 5.73 Å². The molecule has 0 amide bonds. The molecule has 0 aliphatic rings. The Kier molecular flexibility index (Phi) is 3.77. The van der Waals surface area contributed by atoms with Crippen molar-refractivity contribution < 1.29 is 0 Å². The number of hydrogen-bond acceptors (Lipinski definition) is 2. The van der Waals surface area contributed by atoms with Crippen molar-refractivity contribution in [3.05, 3.63) is 11.3 Å². The second-order valence-electron chi connectivity index (χ2n) is 4.85. The lowest BCUT2D eigenvalue weighted by atomic mass is 9.85. The molecule has 1 rings (SSSR count). The lowest BCUT2D eigenvalue weighted by molar-refractivity contribution is 0.469. The van der Waals surface area contributed by atoms with Gasteiger partial charge >= 0.3 is 0 Å². The summed E-state index contributed by atoms with van der Waals surface area (Å²) in [6.45, 7) is 11.0. The molecular formula is C12H23N3. The van der Waals surface area contributed by atoms with Crippen LogP contribution < -0.4 is 5.73 Å². The molecule has 86 valence electrons. The minimum absolute atomic E-state index is 0.437. The van der Waals surface area contributed by atoms with E-state index in [1.165, 1.54) is 11.3 Å². The summed E-state index contributed by atoms with van der Waals surface area (Å²) in [4.78, 5) is 0. The van der Waals surface area contributed by atoms with Gasteiger partial charge in [-0.25, -0.2) is 0 Å². The molecule has 15 heavy (non-hydrogen) atoms. The van der Waals surface area contributed by atoms with Crippen molar-refractivity contribution in [2.24, 2.45) is 5.92 Å². The molecule has 1 atom stereocenters. The minimum Gasteiger partial charge on any atom is -0.382 e. The van der Waals surface area contributed by atoms with Crippen LogP contribution in [0.4, 0.5) is 5.82 Å². The molecule has 3 N–H and O–H groups in total. The molecule has 0 radical (unpaired) electrons. The van der Waals surface area contributed by atoms with E-state index >= 15 is 0 Å². The maximum atomic E-state index is 5.89. The monoisotopic (exact) mass is 209 g/mol. The molecule has 0 spiro atoms. The van der Waals surface area contributed by atoms with Crippen LogP contribution in [0, 0.1) is 5.92 Å². The topological polar surface area (TPSA) is 54.7 Å². The van der Waals surface area contributed by atoms with Gasteiger partial charge in [0.2, 0.25) is 0 Å². The Labute approximate surface area is 92.5 Å². The highest BCUT2D eigenvalue weighted by atomic mass is 15.2. The van der Waals surface area contributed by atoms with Gasteiger partial charge in [-0.15, -0.1) is 0 Å². The van der Waals surface area contributed by atoms with Crippen molar-refractivity contribution >= 4 is 5.82 Å². The normalized spacial score (nSPS) is 13.8. The summed E-state index contributed by atoms with van der Waals surface area (Å²) < 4.78 is 0. The van der Waals surface area contributed by atoms with Crippen LogP contribution in [-0.2, 0) is 0 Å². The SMILES string of the molecule is CCC(c1[nH]nc(N)c1C(C)C)C(C)C. The highest BCUT2D eigenvalue weighted by Crippen LogP contribution is 2.34. The van der Waals surface area contributed by atoms with Crippen LogP contribution in [0.25, 0.3) is 0 Å². The first-order valence-corrected chi connectivity index (χ1v) is 5.82. The molecule has 0 saturated carbocycles. The van der Waals surface area contributed by atoms with E-state index < -0.39 is 0 Å². The largest absolute Gasteiger partial charge is 0.382 e. The lowest BCUT2D eigenvalue weighted by Crippen LogP contribution is -2.09. The smallest absolute Gasteiger partial charge is 0.148 e. The number of H-pyrrole nitrogens is 1. The number of nitrogens with one attached hydrogen (secondary N) is 1. The first kappa shape index (κ1) is 12.1. The first-order valence-electron chi connectivity index (χ1n) is 5.82. The number of rotatable bonds is 4. The van der Waals surface area contributed by atoms with Gasteiger partial charge in [-0.2, -0.15) is 5.10 Å². The summed E-state index contributed by atoms with van der Waals surface area (Å²) in [5, 5.41) is 7.25. The number of nitrogens with two attached hydrogens (primary N) is 1. The molecule has 0 aromatic carbocycles. The zero-order valence-electron chi connectivity index (χ0n) is 10.5. The molecule has 1 heterocycles. The third-order valence-electron chi connectivity index (χ3n) is 3.06. The van der Waals surface area contributed by atoms with E-state index in [2.05, 4.69) is 44.8 Å². The Morgan fingerprint density at radius 1 is 1.27 bits per heavy atom. The zero-order chi connectivity index (χ0) is 11.6. The maximum Gasteiger partial charge on any atom is 0.148 e. The van der Waals surface area contributed by atoms with E-state index in [4.69, 9.17) is 5.73 Å². The van der Waals surface area contributed by atoms with Gasteiger partial charge in [0.05, 0.1) is 0 Å². The third-order valence-corrected chi connectivity index (χ3v) is 3.06. The van der Waals surface area contributed by atoms with Gasteiger partial charge in [-0.1, -0.05) is 34.6 Å². The number of hydrogen-bond donors (Lipinski definition) is 2. The lowest BCUT2D eigenvalue weighted by Gasteiger charge is -2.20. The Morgan fingerprint density at radius 3 is 2.27 bits per heavy atom. The summed E-state index contributed by atoms with van der Waals surface area (Å²) in [5.41, 5.74) is 8.33. The highest BCUT2D eigenvalue weighted by molar-refractivity contribution is 5.45. The average Bonchev–Trinajstić information content (AvgIpc) is 2.48. The van der Waals surface area contributed by atoms with Crippen molar-refractivity contribution in [2.75, 3.05) is 5.73 Å². The minimum atomic E-state index is 0.437. The molecule has 0 fully saturated rings. The van der Waals surface area contributed by atoms with E-state index in [0.717, 1.165) is 6.42 Å². The van der Waals surface area contributed by atoms with Crippen molar-refractivity contribution in [2.45, 2.75) is 52.9 Å². The van der Waals surface area contributed by atoms with E-state index in [1.54, 1.807) is 0 Å². The number of anilines is 1. The number of aromatic nitrogens is 2. The molecular weight excluding hydrogens is 186 g/mol. The Morgan fingerprint density at radius 2 is 1.87 bits per heavy atom. The van der Waals surface area contributed by atoms with Gasteiger partial charge in [0, 0.05) is 17.2 Å². The maximum absolute atomic E-state index is 5.89. The Balaban J connectivity index is 3.12.